The molecule has 5 heterocycles. The number of aryl methyl sites for hydroxylation is 1. The van der Waals surface area contributed by atoms with Gasteiger partial charge >= 0.3 is 0 Å². The molecule has 10 nitrogen and oxygen atoms in total. The second-order valence-corrected chi connectivity index (χ2v) is 7.22. The molecular formula is C21H20N8O2. The van der Waals surface area contributed by atoms with E-state index in [1.165, 1.54) is 0 Å². The van der Waals surface area contributed by atoms with E-state index in [-0.39, 0.29) is 5.91 Å². The molecule has 0 atom stereocenters. The SMILES string of the molecule is Cn1cc(-c2cnc3cnc(NC(=O)c4ccnc(N5CCOCC5)c4)cc3c2)nn1. The Kier molecular flexibility index (Phi) is 4.97. The van der Waals surface area contributed by atoms with Crippen LogP contribution >= 0.6 is 0 Å². The third kappa shape index (κ3) is 4.05. The van der Waals surface area contributed by atoms with Crippen LogP contribution in [0.25, 0.3) is 22.2 Å². The summed E-state index contributed by atoms with van der Waals surface area (Å²) in [5.41, 5.74) is 2.81. The van der Waals surface area contributed by atoms with Gasteiger partial charge in [0.1, 0.15) is 17.3 Å². The van der Waals surface area contributed by atoms with Crippen LogP contribution in [0.2, 0.25) is 0 Å². The summed E-state index contributed by atoms with van der Waals surface area (Å²) in [4.78, 5) is 28.1. The minimum Gasteiger partial charge on any atom is -0.378 e. The Hall–Kier alpha value is -3.92. The van der Waals surface area contributed by atoms with E-state index in [0.717, 1.165) is 41.1 Å². The first-order chi connectivity index (χ1) is 15.2. The number of amides is 1. The molecule has 1 N–H and O–H groups in total. The molecule has 0 radical (unpaired) electrons. The van der Waals surface area contributed by atoms with Crippen molar-refractivity contribution >= 4 is 28.4 Å². The summed E-state index contributed by atoms with van der Waals surface area (Å²) in [6.45, 7) is 2.82. The van der Waals surface area contributed by atoms with Gasteiger partial charge < -0.3 is 15.0 Å². The fourth-order valence-electron chi connectivity index (χ4n) is 3.43. The Labute approximate surface area is 177 Å². The minimum absolute atomic E-state index is 0.248. The lowest BCUT2D eigenvalue weighted by Crippen LogP contribution is -2.36. The molecule has 1 aliphatic heterocycles. The summed E-state index contributed by atoms with van der Waals surface area (Å²) in [6, 6.07) is 7.22. The summed E-state index contributed by atoms with van der Waals surface area (Å²) in [5.74, 6) is 0.961. The van der Waals surface area contributed by atoms with Crippen molar-refractivity contribution in [2.75, 3.05) is 36.5 Å². The first-order valence-corrected chi connectivity index (χ1v) is 9.88. The van der Waals surface area contributed by atoms with Crippen LogP contribution < -0.4 is 10.2 Å². The molecule has 1 aliphatic rings. The molecule has 0 unspecified atom stereocenters. The average Bonchev–Trinajstić information content (AvgIpc) is 3.25. The Balaban J connectivity index is 1.37. The Morgan fingerprint density at radius 1 is 1.10 bits per heavy atom. The van der Waals surface area contributed by atoms with Crippen LogP contribution in [0.4, 0.5) is 11.6 Å². The molecule has 0 bridgehead atoms. The van der Waals surface area contributed by atoms with Gasteiger partial charge in [-0.1, -0.05) is 5.21 Å². The molecule has 5 rings (SSSR count). The number of rotatable bonds is 4. The van der Waals surface area contributed by atoms with Crippen molar-refractivity contribution in [2.24, 2.45) is 7.05 Å². The lowest BCUT2D eigenvalue weighted by atomic mass is 10.1. The number of anilines is 2. The van der Waals surface area contributed by atoms with Gasteiger partial charge in [-0.2, -0.15) is 0 Å². The molecule has 31 heavy (non-hydrogen) atoms. The van der Waals surface area contributed by atoms with Gasteiger partial charge in [-0.15, -0.1) is 5.10 Å². The molecule has 4 aromatic rings. The molecule has 156 valence electrons. The smallest absolute Gasteiger partial charge is 0.257 e. The number of carbonyl (C=O) groups is 1. The predicted molar refractivity (Wildman–Crippen MR) is 115 cm³/mol. The van der Waals surface area contributed by atoms with Crippen molar-refractivity contribution in [3.05, 3.63) is 54.6 Å². The Bertz CT molecular complexity index is 1250. The lowest BCUT2D eigenvalue weighted by Gasteiger charge is -2.27. The molecule has 10 heteroatoms. The molecule has 0 aliphatic carbocycles. The maximum absolute atomic E-state index is 12.8. The van der Waals surface area contributed by atoms with Crippen LogP contribution in [-0.4, -0.2) is 62.2 Å². The van der Waals surface area contributed by atoms with Crippen LogP contribution in [-0.2, 0) is 11.8 Å². The van der Waals surface area contributed by atoms with Gasteiger partial charge in [0.2, 0.25) is 0 Å². The number of fused-ring (bicyclic) bond motifs is 1. The predicted octanol–water partition coefficient (Wildman–Crippen LogP) is 1.91. The van der Waals surface area contributed by atoms with E-state index in [2.05, 4.69) is 35.5 Å². The molecule has 4 aromatic heterocycles. The zero-order valence-corrected chi connectivity index (χ0v) is 16.9. The van der Waals surface area contributed by atoms with E-state index in [1.54, 1.807) is 41.5 Å². The van der Waals surface area contributed by atoms with Crippen LogP contribution in [0.5, 0.6) is 0 Å². The maximum atomic E-state index is 12.8. The van der Waals surface area contributed by atoms with Crippen molar-refractivity contribution in [1.29, 1.82) is 0 Å². The van der Waals surface area contributed by atoms with Crippen LogP contribution in [0.1, 0.15) is 10.4 Å². The van der Waals surface area contributed by atoms with E-state index in [9.17, 15) is 4.79 Å². The van der Waals surface area contributed by atoms with Crippen LogP contribution in [0.3, 0.4) is 0 Å². The summed E-state index contributed by atoms with van der Waals surface area (Å²) >= 11 is 0. The fraction of sp³-hybridized carbons (Fsp3) is 0.238. The number of morpholine rings is 1. The van der Waals surface area contributed by atoms with E-state index in [0.29, 0.717) is 24.6 Å². The largest absolute Gasteiger partial charge is 0.378 e. The summed E-state index contributed by atoms with van der Waals surface area (Å²) < 4.78 is 7.02. The summed E-state index contributed by atoms with van der Waals surface area (Å²) in [7, 11) is 1.81. The van der Waals surface area contributed by atoms with Gasteiger partial charge in [-0.05, 0) is 24.3 Å². The van der Waals surface area contributed by atoms with Crippen molar-refractivity contribution in [3.8, 4) is 11.3 Å². The normalized spacial score (nSPS) is 14.0. The molecular weight excluding hydrogens is 396 g/mol. The van der Waals surface area contributed by atoms with E-state index < -0.39 is 0 Å². The molecule has 1 fully saturated rings. The van der Waals surface area contributed by atoms with E-state index in [4.69, 9.17) is 4.74 Å². The minimum atomic E-state index is -0.248. The standard InChI is InChI=1S/C21H20N8O2/c1-28-13-18(26-27-28)16-8-15-9-19(24-12-17(15)23-11-16)25-21(30)14-2-3-22-20(10-14)29-4-6-31-7-5-29/h2-3,8-13H,4-7H2,1H3,(H,24,25,30). The number of nitrogens with zero attached hydrogens (tertiary/aromatic N) is 7. The monoisotopic (exact) mass is 416 g/mol. The van der Waals surface area contributed by atoms with Crippen molar-refractivity contribution in [2.45, 2.75) is 0 Å². The number of nitrogens with one attached hydrogen (secondary N) is 1. The highest BCUT2D eigenvalue weighted by Gasteiger charge is 2.15. The Morgan fingerprint density at radius 3 is 2.77 bits per heavy atom. The second kappa shape index (κ2) is 8.07. The van der Waals surface area contributed by atoms with Crippen molar-refractivity contribution < 1.29 is 9.53 Å². The fourth-order valence-corrected chi connectivity index (χ4v) is 3.43. The van der Waals surface area contributed by atoms with Gasteiger partial charge in [0, 0.05) is 49.0 Å². The van der Waals surface area contributed by atoms with Crippen LogP contribution in [0.15, 0.2) is 49.1 Å². The topological polar surface area (TPSA) is 111 Å². The highest BCUT2D eigenvalue weighted by molar-refractivity contribution is 6.04. The number of hydrogen-bond acceptors (Lipinski definition) is 8. The molecule has 1 amide bonds. The van der Waals surface area contributed by atoms with Crippen LogP contribution in [0, 0.1) is 0 Å². The third-order valence-corrected chi connectivity index (χ3v) is 5.05. The highest BCUT2D eigenvalue weighted by atomic mass is 16.5. The van der Waals surface area contributed by atoms with Gasteiger partial charge in [0.15, 0.2) is 0 Å². The van der Waals surface area contributed by atoms with Gasteiger partial charge in [0.05, 0.1) is 31.1 Å². The van der Waals surface area contributed by atoms with E-state index in [1.807, 2.05) is 19.3 Å². The number of carbonyl (C=O) groups excluding carboxylic acids is 1. The maximum Gasteiger partial charge on any atom is 0.257 e. The first-order valence-electron chi connectivity index (χ1n) is 9.88. The van der Waals surface area contributed by atoms with Crippen molar-refractivity contribution in [3.63, 3.8) is 0 Å². The quantitative estimate of drug-likeness (QED) is 0.537. The highest BCUT2D eigenvalue weighted by Crippen LogP contribution is 2.22. The molecule has 0 aromatic carbocycles. The number of ether oxygens (including phenoxy) is 1. The third-order valence-electron chi connectivity index (χ3n) is 5.05. The molecule has 0 spiro atoms. The Morgan fingerprint density at radius 2 is 1.97 bits per heavy atom. The van der Waals surface area contributed by atoms with E-state index >= 15 is 0 Å². The van der Waals surface area contributed by atoms with Gasteiger partial charge in [-0.25, -0.2) is 9.97 Å². The zero-order valence-electron chi connectivity index (χ0n) is 16.9. The number of hydrogen-bond donors (Lipinski definition) is 1. The number of pyridine rings is 3. The van der Waals surface area contributed by atoms with Crippen molar-refractivity contribution in [1.82, 2.24) is 29.9 Å². The summed E-state index contributed by atoms with van der Waals surface area (Å²) in [5, 5.41) is 11.8. The molecule has 1 saturated heterocycles. The number of aromatic nitrogens is 6. The van der Waals surface area contributed by atoms with Gasteiger partial charge in [-0.3, -0.25) is 14.5 Å². The summed E-state index contributed by atoms with van der Waals surface area (Å²) in [6.07, 6.45) is 6.83. The van der Waals surface area contributed by atoms with Gasteiger partial charge in [0.25, 0.3) is 5.91 Å². The lowest BCUT2D eigenvalue weighted by molar-refractivity contribution is 0.102. The zero-order chi connectivity index (χ0) is 21.2. The average molecular weight is 416 g/mol. The first kappa shape index (κ1) is 19.1. The second-order valence-electron chi connectivity index (χ2n) is 7.22. The molecule has 0 saturated carbocycles.